The predicted octanol–water partition coefficient (Wildman–Crippen LogP) is 2.23. The third-order valence-electron chi connectivity index (χ3n) is 4.70. The van der Waals surface area contributed by atoms with E-state index in [0.717, 1.165) is 5.56 Å². The third kappa shape index (κ3) is 2.30. The van der Waals surface area contributed by atoms with E-state index in [4.69, 9.17) is 26.4 Å². The van der Waals surface area contributed by atoms with E-state index in [2.05, 4.69) is 5.32 Å². The highest BCUT2D eigenvalue weighted by atomic mass is 32.1. The van der Waals surface area contributed by atoms with Crippen molar-refractivity contribution >= 4 is 23.3 Å². The molecule has 1 saturated heterocycles. The van der Waals surface area contributed by atoms with Crippen LogP contribution in [0.3, 0.4) is 0 Å². The largest absolute Gasteiger partial charge is 0.493 e. The topological polar surface area (TPSA) is 60.0 Å². The van der Waals surface area contributed by atoms with Crippen molar-refractivity contribution < 1.29 is 19.0 Å². The number of hydrogen-bond donors (Lipinski definition) is 1. The molecule has 0 unspecified atom stereocenters. The first-order valence-electron chi connectivity index (χ1n) is 8.08. The lowest BCUT2D eigenvalue weighted by atomic mass is 9.79. The number of carbonyl (C=O) groups is 1. The molecule has 3 atom stereocenters. The standard InChI is InChI=1S/C17H22N2O4S/c1-5-19-16(24)18-13-10-8-7-9-11(21-4)14(10)23-17(19,3)12(13)15(20)22-6-2/h7-9,12-13H,5-6H2,1-4H3,(H,18,24)/t12-,13-,17-/m0/s1. The number of esters is 1. The van der Waals surface area contributed by atoms with Gasteiger partial charge in [0.25, 0.3) is 0 Å². The summed E-state index contributed by atoms with van der Waals surface area (Å²) >= 11 is 5.50. The summed E-state index contributed by atoms with van der Waals surface area (Å²) in [5.74, 6) is 0.439. The van der Waals surface area contributed by atoms with E-state index in [0.29, 0.717) is 29.8 Å². The Hall–Kier alpha value is -2.02. The first kappa shape index (κ1) is 16.8. The maximum absolute atomic E-state index is 12.7. The van der Waals surface area contributed by atoms with Crippen LogP contribution in [-0.4, -0.2) is 42.0 Å². The van der Waals surface area contributed by atoms with Gasteiger partial charge in [0, 0.05) is 12.1 Å². The quantitative estimate of drug-likeness (QED) is 0.660. The zero-order chi connectivity index (χ0) is 17.5. The SMILES string of the molecule is CCOC(=O)[C@@H]1[C@H]2NC(=S)N(CC)[C@@]1(C)Oc1c(OC)cccc12. The molecule has 1 fully saturated rings. The Bertz CT molecular complexity index is 681. The number of rotatable bonds is 4. The first-order chi connectivity index (χ1) is 11.5. The van der Waals surface area contributed by atoms with Gasteiger partial charge in [-0.1, -0.05) is 12.1 Å². The Morgan fingerprint density at radius 3 is 2.83 bits per heavy atom. The molecule has 2 heterocycles. The number of methoxy groups -OCH3 is 1. The molecule has 2 bridgehead atoms. The first-order valence-corrected chi connectivity index (χ1v) is 8.49. The Morgan fingerprint density at radius 2 is 2.21 bits per heavy atom. The summed E-state index contributed by atoms with van der Waals surface area (Å²) in [5.41, 5.74) is -0.0849. The highest BCUT2D eigenvalue weighted by Gasteiger charge is 2.59. The van der Waals surface area contributed by atoms with E-state index < -0.39 is 11.6 Å². The molecule has 0 aliphatic carbocycles. The molecule has 130 valence electrons. The molecule has 2 aliphatic heterocycles. The summed E-state index contributed by atoms with van der Waals surface area (Å²) < 4.78 is 17.1. The fraction of sp³-hybridized carbons (Fsp3) is 0.529. The molecule has 7 heteroatoms. The summed E-state index contributed by atoms with van der Waals surface area (Å²) in [5, 5.41) is 3.86. The predicted molar refractivity (Wildman–Crippen MR) is 93.0 cm³/mol. The van der Waals surface area contributed by atoms with Gasteiger partial charge in [0.15, 0.2) is 22.3 Å². The third-order valence-corrected chi connectivity index (χ3v) is 5.04. The van der Waals surface area contributed by atoms with E-state index in [1.807, 2.05) is 36.9 Å². The molecule has 0 saturated carbocycles. The van der Waals surface area contributed by atoms with Gasteiger partial charge in [0.2, 0.25) is 0 Å². The number of fused-ring (bicyclic) bond motifs is 4. The molecule has 0 aromatic heterocycles. The van der Waals surface area contributed by atoms with Crippen molar-refractivity contribution in [2.24, 2.45) is 5.92 Å². The Kier molecular flexibility index (Phi) is 4.29. The van der Waals surface area contributed by atoms with Crippen LogP contribution in [0.1, 0.15) is 32.4 Å². The molecule has 0 spiro atoms. The summed E-state index contributed by atoms with van der Waals surface area (Å²) in [6.45, 7) is 6.58. The van der Waals surface area contributed by atoms with Gasteiger partial charge >= 0.3 is 5.97 Å². The van der Waals surface area contributed by atoms with Crippen molar-refractivity contribution in [2.45, 2.75) is 32.5 Å². The van der Waals surface area contributed by atoms with Gasteiger partial charge in [-0.15, -0.1) is 0 Å². The van der Waals surface area contributed by atoms with Gasteiger partial charge in [-0.3, -0.25) is 4.79 Å². The van der Waals surface area contributed by atoms with E-state index in [9.17, 15) is 4.79 Å². The van der Waals surface area contributed by atoms with E-state index >= 15 is 0 Å². The molecular weight excluding hydrogens is 328 g/mol. The Labute approximate surface area is 147 Å². The number of ether oxygens (including phenoxy) is 3. The average Bonchev–Trinajstić information content (AvgIpc) is 2.54. The van der Waals surface area contributed by atoms with Crippen molar-refractivity contribution in [3.05, 3.63) is 23.8 Å². The van der Waals surface area contributed by atoms with Crippen molar-refractivity contribution in [3.8, 4) is 11.5 Å². The number of nitrogens with one attached hydrogen (secondary N) is 1. The molecule has 2 aliphatic rings. The van der Waals surface area contributed by atoms with Gasteiger partial charge < -0.3 is 24.4 Å². The van der Waals surface area contributed by atoms with Crippen LogP contribution in [0.25, 0.3) is 0 Å². The summed E-state index contributed by atoms with van der Waals surface area (Å²) in [6.07, 6.45) is 0. The lowest BCUT2D eigenvalue weighted by molar-refractivity contribution is -0.175. The number of benzene rings is 1. The zero-order valence-electron chi connectivity index (χ0n) is 14.3. The lowest BCUT2D eigenvalue weighted by Gasteiger charge is -2.55. The second-order valence-electron chi connectivity index (χ2n) is 5.94. The van der Waals surface area contributed by atoms with Crippen LogP contribution in [0.5, 0.6) is 11.5 Å². The van der Waals surface area contributed by atoms with E-state index in [1.54, 1.807) is 14.0 Å². The van der Waals surface area contributed by atoms with Crippen LogP contribution >= 0.6 is 12.2 Å². The van der Waals surface area contributed by atoms with E-state index in [-0.39, 0.29) is 12.0 Å². The van der Waals surface area contributed by atoms with Crippen LogP contribution in [0.2, 0.25) is 0 Å². The van der Waals surface area contributed by atoms with Gasteiger partial charge in [0.05, 0.1) is 19.8 Å². The minimum Gasteiger partial charge on any atom is -0.493 e. The lowest BCUT2D eigenvalue weighted by Crippen LogP contribution is -2.71. The monoisotopic (exact) mass is 350 g/mol. The number of para-hydroxylation sites is 1. The number of thiocarbonyl (C=S) groups is 1. The highest BCUT2D eigenvalue weighted by molar-refractivity contribution is 7.80. The molecule has 1 aromatic rings. The minimum atomic E-state index is -0.935. The number of hydrogen-bond acceptors (Lipinski definition) is 5. The second-order valence-corrected chi connectivity index (χ2v) is 6.32. The summed E-state index contributed by atoms with van der Waals surface area (Å²) in [6, 6.07) is 5.33. The molecule has 0 amide bonds. The van der Waals surface area contributed by atoms with Gasteiger partial charge in [-0.05, 0) is 39.1 Å². The second kappa shape index (κ2) is 6.12. The van der Waals surface area contributed by atoms with Gasteiger partial charge in [-0.25, -0.2) is 0 Å². The Morgan fingerprint density at radius 1 is 1.46 bits per heavy atom. The van der Waals surface area contributed by atoms with Crippen molar-refractivity contribution in [2.75, 3.05) is 20.3 Å². The number of nitrogens with zero attached hydrogens (tertiary/aromatic N) is 1. The van der Waals surface area contributed by atoms with Crippen LogP contribution in [-0.2, 0) is 9.53 Å². The summed E-state index contributed by atoms with van der Waals surface area (Å²) in [7, 11) is 1.60. The fourth-order valence-corrected chi connectivity index (χ4v) is 4.08. The smallest absolute Gasteiger partial charge is 0.317 e. The minimum absolute atomic E-state index is 0.299. The molecule has 24 heavy (non-hydrogen) atoms. The average molecular weight is 350 g/mol. The Balaban J connectivity index is 2.18. The van der Waals surface area contributed by atoms with Crippen LogP contribution < -0.4 is 14.8 Å². The van der Waals surface area contributed by atoms with Gasteiger partial charge in [-0.2, -0.15) is 0 Å². The van der Waals surface area contributed by atoms with Crippen LogP contribution in [0.15, 0.2) is 18.2 Å². The fourth-order valence-electron chi connectivity index (χ4n) is 3.65. The number of carbonyl (C=O) groups excluding carboxylic acids is 1. The van der Waals surface area contributed by atoms with E-state index in [1.165, 1.54) is 0 Å². The van der Waals surface area contributed by atoms with Crippen molar-refractivity contribution in [1.29, 1.82) is 0 Å². The molecule has 6 nitrogen and oxygen atoms in total. The maximum atomic E-state index is 12.7. The zero-order valence-corrected chi connectivity index (χ0v) is 15.1. The van der Waals surface area contributed by atoms with Gasteiger partial charge in [0.1, 0.15) is 5.92 Å². The molecule has 0 radical (unpaired) electrons. The molecular formula is C17H22N2O4S. The summed E-state index contributed by atoms with van der Waals surface area (Å²) in [4.78, 5) is 14.6. The highest BCUT2D eigenvalue weighted by Crippen LogP contribution is 2.51. The molecule has 3 rings (SSSR count). The molecule has 1 N–H and O–H groups in total. The molecule has 1 aromatic carbocycles. The van der Waals surface area contributed by atoms with Crippen molar-refractivity contribution in [3.63, 3.8) is 0 Å². The van der Waals surface area contributed by atoms with Crippen molar-refractivity contribution in [1.82, 2.24) is 10.2 Å². The van der Waals surface area contributed by atoms with Crippen LogP contribution in [0.4, 0.5) is 0 Å². The van der Waals surface area contributed by atoms with Crippen LogP contribution in [0, 0.1) is 5.92 Å². The normalized spacial score (nSPS) is 27.7. The maximum Gasteiger partial charge on any atom is 0.317 e.